The van der Waals surface area contributed by atoms with Crippen molar-refractivity contribution < 1.29 is 18.3 Å². The van der Waals surface area contributed by atoms with Gasteiger partial charge in [0.25, 0.3) is 0 Å². The molecule has 0 atom stereocenters. The molecule has 0 saturated carbocycles. The Balaban J connectivity index is 2.55. The van der Waals surface area contributed by atoms with Gasteiger partial charge in [0.1, 0.15) is 0 Å². The monoisotopic (exact) mass is 252 g/mol. The zero-order valence-corrected chi connectivity index (χ0v) is 9.41. The van der Waals surface area contributed by atoms with Crippen LogP contribution in [-0.4, -0.2) is 5.11 Å². The summed E-state index contributed by atoms with van der Waals surface area (Å²) in [4.78, 5) is 0. The molecule has 1 N–H and O–H groups in total. The van der Waals surface area contributed by atoms with Crippen molar-refractivity contribution in [1.29, 1.82) is 0 Å². The summed E-state index contributed by atoms with van der Waals surface area (Å²) >= 11 is 0. The Morgan fingerprint density at radius 3 is 2.11 bits per heavy atom. The first-order valence-electron chi connectivity index (χ1n) is 5.38. The molecule has 4 heteroatoms. The van der Waals surface area contributed by atoms with Crippen LogP contribution in [0.15, 0.2) is 48.5 Å². The highest BCUT2D eigenvalue weighted by atomic mass is 19.4. The van der Waals surface area contributed by atoms with Gasteiger partial charge >= 0.3 is 6.18 Å². The van der Waals surface area contributed by atoms with Crippen molar-refractivity contribution >= 4 is 0 Å². The fraction of sp³-hybridized carbons (Fsp3) is 0.143. The second-order valence-electron chi connectivity index (χ2n) is 3.94. The fourth-order valence-corrected chi connectivity index (χ4v) is 1.74. The van der Waals surface area contributed by atoms with Crippen LogP contribution in [0.2, 0.25) is 0 Å². The number of aliphatic hydroxyl groups excluding tert-OH is 1. The van der Waals surface area contributed by atoms with Crippen molar-refractivity contribution in [3.05, 3.63) is 59.7 Å². The van der Waals surface area contributed by atoms with E-state index in [2.05, 4.69) is 0 Å². The summed E-state index contributed by atoms with van der Waals surface area (Å²) in [5.74, 6) is 0. The highest BCUT2D eigenvalue weighted by molar-refractivity contribution is 5.65. The van der Waals surface area contributed by atoms with Gasteiger partial charge in [-0.05, 0) is 34.9 Å². The number of aliphatic hydroxyl groups is 1. The van der Waals surface area contributed by atoms with Gasteiger partial charge in [0.2, 0.25) is 0 Å². The molecule has 0 fully saturated rings. The van der Waals surface area contributed by atoms with Crippen molar-refractivity contribution in [1.82, 2.24) is 0 Å². The van der Waals surface area contributed by atoms with E-state index in [0.717, 1.165) is 12.1 Å². The molecule has 0 aromatic heterocycles. The molecule has 0 aliphatic rings. The molecule has 0 unspecified atom stereocenters. The van der Waals surface area contributed by atoms with E-state index in [4.69, 9.17) is 5.11 Å². The molecular weight excluding hydrogens is 241 g/mol. The lowest BCUT2D eigenvalue weighted by molar-refractivity contribution is -0.137. The zero-order chi connectivity index (χ0) is 13.2. The Morgan fingerprint density at radius 2 is 1.56 bits per heavy atom. The molecule has 2 aromatic rings. The van der Waals surface area contributed by atoms with E-state index in [1.165, 1.54) is 0 Å². The van der Waals surface area contributed by atoms with Crippen LogP contribution < -0.4 is 0 Å². The van der Waals surface area contributed by atoms with Crippen molar-refractivity contribution in [2.75, 3.05) is 0 Å². The van der Waals surface area contributed by atoms with Crippen molar-refractivity contribution in [2.24, 2.45) is 0 Å². The molecule has 0 bridgehead atoms. The minimum atomic E-state index is -4.41. The van der Waals surface area contributed by atoms with Gasteiger partial charge in [-0.15, -0.1) is 0 Å². The quantitative estimate of drug-likeness (QED) is 0.860. The van der Waals surface area contributed by atoms with Crippen molar-refractivity contribution in [3.8, 4) is 11.1 Å². The van der Waals surface area contributed by atoms with Crippen molar-refractivity contribution in [2.45, 2.75) is 12.8 Å². The third kappa shape index (κ3) is 2.71. The lowest BCUT2D eigenvalue weighted by Crippen LogP contribution is -2.06. The molecule has 0 aliphatic carbocycles. The molecule has 2 rings (SSSR count). The first-order valence-corrected chi connectivity index (χ1v) is 5.38. The second kappa shape index (κ2) is 4.82. The van der Waals surface area contributed by atoms with E-state index in [1.54, 1.807) is 36.4 Å². The smallest absolute Gasteiger partial charge is 0.392 e. The van der Waals surface area contributed by atoms with Crippen LogP contribution in [0.5, 0.6) is 0 Å². The predicted octanol–water partition coefficient (Wildman–Crippen LogP) is 3.86. The van der Waals surface area contributed by atoms with Crippen LogP contribution >= 0.6 is 0 Å². The van der Waals surface area contributed by atoms with E-state index in [9.17, 15) is 13.2 Å². The minimum Gasteiger partial charge on any atom is -0.392 e. The summed E-state index contributed by atoms with van der Waals surface area (Å²) in [7, 11) is 0. The summed E-state index contributed by atoms with van der Waals surface area (Å²) in [6.45, 7) is -0.413. The average Bonchev–Trinajstić information content (AvgIpc) is 2.38. The van der Waals surface area contributed by atoms with E-state index in [0.29, 0.717) is 11.1 Å². The molecule has 0 heterocycles. The van der Waals surface area contributed by atoms with E-state index in [-0.39, 0.29) is 5.56 Å². The second-order valence-corrected chi connectivity index (χ2v) is 3.94. The Labute approximate surface area is 103 Å². The number of benzene rings is 2. The van der Waals surface area contributed by atoms with Crippen LogP contribution in [0.4, 0.5) is 13.2 Å². The zero-order valence-electron chi connectivity index (χ0n) is 9.41. The predicted molar refractivity (Wildman–Crippen MR) is 62.8 cm³/mol. The molecule has 0 radical (unpaired) electrons. The normalized spacial score (nSPS) is 11.6. The van der Waals surface area contributed by atoms with Crippen LogP contribution in [0.3, 0.4) is 0 Å². The van der Waals surface area contributed by atoms with Crippen LogP contribution in [0.1, 0.15) is 11.1 Å². The molecule has 0 spiro atoms. The van der Waals surface area contributed by atoms with E-state index < -0.39 is 18.3 Å². The molecular formula is C14H11F3O. The maximum absolute atomic E-state index is 12.7. The lowest BCUT2D eigenvalue weighted by Gasteiger charge is -2.11. The van der Waals surface area contributed by atoms with Crippen molar-refractivity contribution in [3.63, 3.8) is 0 Å². The highest BCUT2D eigenvalue weighted by Gasteiger charge is 2.31. The molecule has 1 nitrogen and oxygen atoms in total. The van der Waals surface area contributed by atoms with Crippen LogP contribution in [0, 0.1) is 0 Å². The standard InChI is InChI=1S/C14H11F3O/c15-14(16,17)13-7-10(9-18)6-12(8-13)11-4-2-1-3-5-11/h1-8,18H,9H2. The van der Waals surface area contributed by atoms with Gasteiger partial charge in [-0.25, -0.2) is 0 Å². The van der Waals surface area contributed by atoms with E-state index >= 15 is 0 Å². The Hall–Kier alpha value is -1.81. The number of hydrogen-bond donors (Lipinski definition) is 1. The largest absolute Gasteiger partial charge is 0.416 e. The van der Waals surface area contributed by atoms with Gasteiger partial charge in [-0.1, -0.05) is 30.3 Å². The summed E-state index contributed by atoms with van der Waals surface area (Å²) in [6, 6.07) is 12.4. The maximum Gasteiger partial charge on any atom is 0.416 e. The molecule has 18 heavy (non-hydrogen) atoms. The lowest BCUT2D eigenvalue weighted by atomic mass is 10.00. The summed E-state index contributed by atoms with van der Waals surface area (Å²) in [6.07, 6.45) is -4.41. The van der Waals surface area contributed by atoms with Gasteiger partial charge in [0.05, 0.1) is 12.2 Å². The number of hydrogen-bond acceptors (Lipinski definition) is 1. The fourth-order valence-electron chi connectivity index (χ4n) is 1.74. The van der Waals surface area contributed by atoms with Gasteiger partial charge in [0, 0.05) is 0 Å². The maximum atomic E-state index is 12.7. The van der Waals surface area contributed by atoms with Gasteiger partial charge in [-0.2, -0.15) is 13.2 Å². The third-order valence-electron chi connectivity index (χ3n) is 2.61. The molecule has 0 aliphatic heterocycles. The summed E-state index contributed by atoms with van der Waals surface area (Å²) in [5, 5.41) is 9.03. The summed E-state index contributed by atoms with van der Waals surface area (Å²) in [5.41, 5.74) is 0.657. The molecule has 94 valence electrons. The molecule has 0 amide bonds. The van der Waals surface area contributed by atoms with Crippen LogP contribution in [0.25, 0.3) is 11.1 Å². The molecule has 2 aromatic carbocycles. The number of rotatable bonds is 2. The first kappa shape index (κ1) is 12.6. The topological polar surface area (TPSA) is 20.2 Å². The first-order chi connectivity index (χ1) is 8.50. The summed E-state index contributed by atoms with van der Waals surface area (Å²) < 4.78 is 38.2. The Bertz CT molecular complexity index is 532. The number of alkyl halides is 3. The Kier molecular flexibility index (Phi) is 3.39. The van der Waals surface area contributed by atoms with Gasteiger partial charge in [-0.3, -0.25) is 0 Å². The van der Waals surface area contributed by atoms with Gasteiger partial charge in [0.15, 0.2) is 0 Å². The number of halogens is 3. The molecule has 0 saturated heterocycles. The van der Waals surface area contributed by atoms with Crippen LogP contribution in [-0.2, 0) is 12.8 Å². The SMILES string of the molecule is OCc1cc(-c2ccccc2)cc(C(F)(F)F)c1. The minimum absolute atomic E-state index is 0.253. The Morgan fingerprint density at radius 1 is 0.889 bits per heavy atom. The average molecular weight is 252 g/mol. The van der Waals surface area contributed by atoms with E-state index in [1.807, 2.05) is 0 Å². The third-order valence-corrected chi connectivity index (χ3v) is 2.61. The highest BCUT2D eigenvalue weighted by Crippen LogP contribution is 2.33. The van der Waals surface area contributed by atoms with Gasteiger partial charge < -0.3 is 5.11 Å².